The topological polar surface area (TPSA) is 17.1 Å². The molecule has 9 aliphatic carbocycles. The second kappa shape index (κ2) is 3.83. The number of carbonyl (C=O) groups is 1. The van der Waals surface area contributed by atoms with E-state index in [0.29, 0.717) is 11.8 Å². The van der Waals surface area contributed by atoms with Crippen molar-refractivity contribution in [2.75, 3.05) is 0 Å². The summed E-state index contributed by atoms with van der Waals surface area (Å²) in [5, 5.41) is 0. The summed E-state index contributed by atoms with van der Waals surface area (Å²) in [6.07, 6.45) is 16.0. The lowest BCUT2D eigenvalue weighted by atomic mass is 9.60. The fourth-order valence-electron chi connectivity index (χ4n) is 12.2. The van der Waals surface area contributed by atoms with Gasteiger partial charge in [-0.1, -0.05) is 24.3 Å². The lowest BCUT2D eigenvalue weighted by molar-refractivity contribution is -0.128. The molecule has 1 nitrogen and oxygen atoms in total. The number of carbonyl (C=O) groups excluding carboxylic acids is 1. The predicted molar refractivity (Wildman–Crippen MR) is 97.6 cm³/mol. The third-order valence-electron chi connectivity index (χ3n) is 12.1. The summed E-state index contributed by atoms with van der Waals surface area (Å²) in [7, 11) is 0. The molecule has 0 radical (unpaired) electrons. The van der Waals surface area contributed by atoms with Gasteiger partial charge in [0.25, 0.3) is 0 Å². The van der Waals surface area contributed by atoms with Gasteiger partial charge in [-0.15, -0.1) is 0 Å². The molecule has 134 valence electrons. The molecule has 7 saturated carbocycles. The van der Waals surface area contributed by atoms with Crippen LogP contribution in [0.4, 0.5) is 0 Å². The average molecular weight is 344 g/mol. The van der Waals surface area contributed by atoms with Gasteiger partial charge in [0, 0.05) is 11.8 Å². The number of hydrogen-bond donors (Lipinski definition) is 0. The molecule has 9 aliphatic rings. The second-order valence-corrected chi connectivity index (χ2v) is 11.9. The van der Waals surface area contributed by atoms with Gasteiger partial charge in [0.15, 0.2) is 0 Å². The predicted octanol–water partition coefficient (Wildman–Crippen LogP) is 4.21. The first-order valence-corrected chi connectivity index (χ1v) is 11.7. The molecule has 0 aromatic heterocycles. The van der Waals surface area contributed by atoms with Crippen molar-refractivity contribution in [2.24, 2.45) is 94.7 Å². The highest BCUT2D eigenvalue weighted by Gasteiger charge is 2.77. The molecule has 0 saturated heterocycles. The van der Waals surface area contributed by atoms with Gasteiger partial charge in [0.05, 0.1) is 0 Å². The third kappa shape index (κ3) is 1.11. The van der Waals surface area contributed by atoms with Crippen LogP contribution >= 0.6 is 0 Å². The zero-order chi connectivity index (χ0) is 16.5. The minimum atomic E-state index is 0.513. The van der Waals surface area contributed by atoms with Crippen LogP contribution in [0.25, 0.3) is 0 Å². The van der Waals surface area contributed by atoms with Gasteiger partial charge >= 0.3 is 0 Å². The Morgan fingerprint density at radius 1 is 0.500 bits per heavy atom. The summed E-state index contributed by atoms with van der Waals surface area (Å²) in [5.41, 5.74) is 0. The van der Waals surface area contributed by atoms with Gasteiger partial charge < -0.3 is 0 Å². The SMILES string of the molecule is O=C1[C@@H]2[C@H]3C[C@H]([C@H]2[C@@H]2[C@@H]4C[C@@H]([C@H]12)[C@@H]1[C@@H]4[C@H]2C=C[C@H]1C2)[C@H]1[C@H]3[C@H]2C=C[C@@H]1C2. The molecule has 0 aromatic rings. The maximum Gasteiger partial charge on any atom is 0.140 e. The molecular weight excluding hydrogens is 316 g/mol. The summed E-state index contributed by atoms with van der Waals surface area (Å²) in [4.78, 5) is 13.8. The van der Waals surface area contributed by atoms with E-state index in [1.165, 1.54) is 25.7 Å². The van der Waals surface area contributed by atoms with Gasteiger partial charge in [-0.3, -0.25) is 4.79 Å². The van der Waals surface area contributed by atoms with Crippen LogP contribution in [0.15, 0.2) is 24.3 Å². The molecule has 0 unspecified atom stereocenters. The molecule has 0 N–H and O–H groups in total. The van der Waals surface area contributed by atoms with E-state index in [4.69, 9.17) is 0 Å². The van der Waals surface area contributed by atoms with E-state index in [0.717, 1.165) is 88.6 Å². The van der Waals surface area contributed by atoms with Crippen LogP contribution in [0.1, 0.15) is 25.7 Å². The molecule has 1 heteroatoms. The standard InChI is InChI=1S/C25H28O/c26-25-23-15-7-13(17-9-1-3-11(5-9)19(15)17)21(23)22-14-8-16(24(22)25)20-12-4-2-10(6-12)18(14)20/h1-4,9-24H,5-8H2/t9-,10+,11-,12-,13+,14-,15+,16-,17+,18-,19+,20-,21-,22-,23-,24+/m0/s1. The summed E-state index contributed by atoms with van der Waals surface area (Å²) in [6, 6.07) is 0. The van der Waals surface area contributed by atoms with Crippen molar-refractivity contribution < 1.29 is 4.79 Å². The Morgan fingerprint density at radius 3 is 1.31 bits per heavy atom. The van der Waals surface area contributed by atoms with Crippen LogP contribution in [-0.2, 0) is 4.79 Å². The monoisotopic (exact) mass is 344 g/mol. The Kier molecular flexibility index (Phi) is 1.96. The van der Waals surface area contributed by atoms with Crippen molar-refractivity contribution in [2.45, 2.75) is 25.7 Å². The van der Waals surface area contributed by atoms with Crippen molar-refractivity contribution >= 4 is 5.78 Å². The van der Waals surface area contributed by atoms with Crippen LogP contribution in [0.2, 0.25) is 0 Å². The number of ketones is 1. The van der Waals surface area contributed by atoms with Gasteiger partial charge in [-0.2, -0.15) is 0 Å². The van der Waals surface area contributed by atoms with E-state index in [2.05, 4.69) is 24.3 Å². The van der Waals surface area contributed by atoms with Crippen LogP contribution in [0, 0.1) is 94.7 Å². The number of rotatable bonds is 0. The maximum atomic E-state index is 13.8. The molecule has 0 spiro atoms. The van der Waals surface area contributed by atoms with E-state index in [9.17, 15) is 4.79 Å². The van der Waals surface area contributed by atoms with Gasteiger partial charge in [-0.25, -0.2) is 0 Å². The molecule has 16 atom stereocenters. The van der Waals surface area contributed by atoms with Crippen molar-refractivity contribution in [3.63, 3.8) is 0 Å². The molecular formula is C25H28O. The van der Waals surface area contributed by atoms with Gasteiger partial charge in [0.1, 0.15) is 5.78 Å². The Hall–Kier alpha value is -0.850. The molecule has 26 heavy (non-hydrogen) atoms. The van der Waals surface area contributed by atoms with Crippen molar-refractivity contribution in [3.8, 4) is 0 Å². The summed E-state index contributed by atoms with van der Waals surface area (Å²) >= 11 is 0. The Balaban J connectivity index is 1.17. The number of hydrogen-bond acceptors (Lipinski definition) is 1. The quantitative estimate of drug-likeness (QED) is 0.475. The highest BCUT2D eigenvalue weighted by atomic mass is 16.1. The fourth-order valence-corrected chi connectivity index (χ4v) is 12.2. The summed E-state index contributed by atoms with van der Waals surface area (Å²) in [5.74, 6) is 14.2. The molecule has 0 heterocycles. The minimum absolute atomic E-state index is 0.513. The number of fused-ring (bicyclic) bond motifs is 25. The Morgan fingerprint density at radius 2 is 0.885 bits per heavy atom. The molecule has 0 aliphatic heterocycles. The van der Waals surface area contributed by atoms with Crippen LogP contribution in [0.3, 0.4) is 0 Å². The van der Waals surface area contributed by atoms with Crippen molar-refractivity contribution in [3.05, 3.63) is 24.3 Å². The van der Waals surface area contributed by atoms with E-state index in [1.807, 2.05) is 0 Å². The van der Waals surface area contributed by atoms with E-state index in [-0.39, 0.29) is 0 Å². The zero-order valence-corrected chi connectivity index (χ0v) is 15.3. The largest absolute Gasteiger partial charge is 0.299 e. The zero-order valence-electron chi connectivity index (χ0n) is 15.3. The number of Topliss-reactive ketones (excluding diaryl/α,β-unsaturated/α-hetero) is 1. The Labute approximate surface area is 155 Å². The van der Waals surface area contributed by atoms with Gasteiger partial charge in [-0.05, 0) is 109 Å². The second-order valence-electron chi connectivity index (χ2n) is 11.9. The van der Waals surface area contributed by atoms with Crippen LogP contribution in [0.5, 0.6) is 0 Å². The average Bonchev–Trinajstić information content (AvgIpc) is 3.48. The molecule has 9 rings (SSSR count). The molecule has 7 fully saturated rings. The molecule has 8 bridgehead atoms. The van der Waals surface area contributed by atoms with Crippen molar-refractivity contribution in [1.82, 2.24) is 0 Å². The van der Waals surface area contributed by atoms with Crippen molar-refractivity contribution in [1.29, 1.82) is 0 Å². The van der Waals surface area contributed by atoms with Gasteiger partial charge in [0.2, 0.25) is 0 Å². The van der Waals surface area contributed by atoms with E-state index < -0.39 is 0 Å². The van der Waals surface area contributed by atoms with E-state index >= 15 is 0 Å². The first-order valence-electron chi connectivity index (χ1n) is 11.7. The minimum Gasteiger partial charge on any atom is -0.299 e. The van der Waals surface area contributed by atoms with Crippen LogP contribution in [-0.4, -0.2) is 5.78 Å². The Bertz CT molecular complexity index is 756. The lowest BCUT2D eigenvalue weighted by Crippen LogP contribution is -2.41. The molecule has 0 amide bonds. The normalized spacial score (nSPS) is 74.1. The third-order valence-corrected chi connectivity index (χ3v) is 12.1. The number of allylic oxidation sites excluding steroid dienone is 4. The summed E-state index contributed by atoms with van der Waals surface area (Å²) in [6.45, 7) is 0. The fraction of sp³-hybridized carbons (Fsp3) is 0.800. The first kappa shape index (κ1) is 13.3. The maximum absolute atomic E-state index is 13.8. The van der Waals surface area contributed by atoms with E-state index in [1.54, 1.807) is 0 Å². The highest BCUT2D eigenvalue weighted by Crippen LogP contribution is 2.79. The molecule has 0 aromatic carbocycles. The highest BCUT2D eigenvalue weighted by molar-refractivity contribution is 5.88. The first-order chi connectivity index (χ1) is 12.8. The summed E-state index contributed by atoms with van der Waals surface area (Å²) < 4.78 is 0. The van der Waals surface area contributed by atoms with Crippen LogP contribution < -0.4 is 0 Å². The smallest absolute Gasteiger partial charge is 0.140 e. The lowest BCUT2D eigenvalue weighted by Gasteiger charge is -2.44.